The molecule has 18 heavy (non-hydrogen) atoms. The maximum absolute atomic E-state index is 9.64. The van der Waals surface area contributed by atoms with Gasteiger partial charge in [-0.2, -0.15) is 0 Å². The molecule has 0 bridgehead atoms. The van der Waals surface area contributed by atoms with E-state index in [-0.39, 0.29) is 6.10 Å². The summed E-state index contributed by atoms with van der Waals surface area (Å²) < 4.78 is 5.33. The van der Waals surface area contributed by atoms with Gasteiger partial charge in [-0.1, -0.05) is 0 Å². The summed E-state index contributed by atoms with van der Waals surface area (Å²) in [6.07, 6.45) is 3.47. The van der Waals surface area contributed by atoms with Gasteiger partial charge in [0.15, 0.2) is 10.8 Å². The van der Waals surface area contributed by atoms with Gasteiger partial charge in [0.05, 0.1) is 18.1 Å². The van der Waals surface area contributed by atoms with Crippen molar-refractivity contribution >= 4 is 11.3 Å². The van der Waals surface area contributed by atoms with Crippen LogP contribution in [0.5, 0.6) is 0 Å². The minimum atomic E-state index is -0.179. The highest BCUT2D eigenvalue weighted by Crippen LogP contribution is 2.25. The van der Waals surface area contributed by atoms with Gasteiger partial charge in [-0.3, -0.25) is 4.90 Å². The number of nitrogens with zero attached hydrogens (tertiary/aromatic N) is 2. The number of hydrogen-bond acceptors (Lipinski definition) is 5. The van der Waals surface area contributed by atoms with Crippen LogP contribution in [0.2, 0.25) is 0 Å². The predicted molar refractivity (Wildman–Crippen MR) is 70.3 cm³/mol. The highest BCUT2D eigenvalue weighted by molar-refractivity contribution is 7.13. The maximum atomic E-state index is 9.64. The fourth-order valence-corrected chi connectivity index (χ4v) is 3.07. The number of piperidine rings is 1. The van der Waals surface area contributed by atoms with Gasteiger partial charge in [-0.05, 0) is 31.5 Å². The van der Waals surface area contributed by atoms with Gasteiger partial charge in [-0.25, -0.2) is 4.98 Å². The summed E-state index contributed by atoms with van der Waals surface area (Å²) in [6, 6.07) is 3.80. The Morgan fingerprint density at radius 3 is 3.28 bits per heavy atom. The second kappa shape index (κ2) is 5.22. The van der Waals surface area contributed by atoms with Crippen LogP contribution in [-0.2, 0) is 6.54 Å². The van der Waals surface area contributed by atoms with E-state index in [1.165, 1.54) is 0 Å². The lowest BCUT2D eigenvalue weighted by atomic mass is 10.1. The molecule has 2 aromatic heterocycles. The predicted octanol–water partition coefficient (Wildman–Crippen LogP) is 2.36. The standard InChI is InChI=1S/C13H16N2O2S/c16-11-3-1-5-15(8-11)7-10-9-18-13(14-10)12-4-2-6-17-12/h2,4,6,9,11,16H,1,3,5,7-8H2/t11-/m1/s1. The van der Waals surface area contributed by atoms with Crippen molar-refractivity contribution in [1.29, 1.82) is 0 Å². The van der Waals surface area contributed by atoms with Gasteiger partial charge in [0.2, 0.25) is 0 Å². The molecule has 0 spiro atoms. The summed E-state index contributed by atoms with van der Waals surface area (Å²) >= 11 is 1.60. The number of furan rings is 1. The number of aliphatic hydroxyl groups excluding tert-OH is 1. The summed E-state index contributed by atoms with van der Waals surface area (Å²) in [6.45, 7) is 2.62. The van der Waals surface area contributed by atoms with E-state index < -0.39 is 0 Å². The lowest BCUT2D eigenvalue weighted by Crippen LogP contribution is -2.37. The molecule has 1 saturated heterocycles. The van der Waals surface area contributed by atoms with Crippen LogP contribution >= 0.6 is 11.3 Å². The third-order valence-corrected chi connectivity index (χ3v) is 4.06. The van der Waals surface area contributed by atoms with E-state index in [9.17, 15) is 5.11 Å². The first-order valence-corrected chi connectivity index (χ1v) is 7.08. The summed E-state index contributed by atoms with van der Waals surface area (Å²) in [5.41, 5.74) is 1.06. The Labute approximate surface area is 110 Å². The van der Waals surface area contributed by atoms with Gasteiger partial charge in [0, 0.05) is 18.5 Å². The molecular weight excluding hydrogens is 248 g/mol. The largest absolute Gasteiger partial charge is 0.462 e. The van der Waals surface area contributed by atoms with Gasteiger partial charge in [0.1, 0.15) is 0 Å². The zero-order valence-corrected chi connectivity index (χ0v) is 10.9. The first-order chi connectivity index (χ1) is 8.81. The fourth-order valence-electron chi connectivity index (χ4n) is 2.30. The Hall–Kier alpha value is -1.17. The second-order valence-corrected chi connectivity index (χ2v) is 5.51. The minimum Gasteiger partial charge on any atom is -0.462 e. The summed E-state index contributed by atoms with van der Waals surface area (Å²) in [7, 11) is 0. The van der Waals surface area contributed by atoms with Crippen LogP contribution in [0.1, 0.15) is 18.5 Å². The molecule has 3 rings (SSSR count). The molecule has 0 aromatic carbocycles. The number of thiazole rings is 1. The molecule has 0 saturated carbocycles. The molecule has 0 aliphatic carbocycles. The molecule has 1 atom stereocenters. The Kier molecular flexibility index (Phi) is 3.45. The van der Waals surface area contributed by atoms with E-state index in [1.807, 2.05) is 12.1 Å². The molecule has 4 nitrogen and oxygen atoms in total. The van der Waals surface area contributed by atoms with Crippen LogP contribution in [0.4, 0.5) is 0 Å². The minimum absolute atomic E-state index is 0.179. The van der Waals surface area contributed by atoms with Crippen LogP contribution in [-0.4, -0.2) is 34.2 Å². The van der Waals surface area contributed by atoms with Crippen molar-refractivity contribution in [2.24, 2.45) is 0 Å². The van der Waals surface area contributed by atoms with Crippen molar-refractivity contribution < 1.29 is 9.52 Å². The molecule has 0 unspecified atom stereocenters. The average Bonchev–Trinajstić information content (AvgIpc) is 2.98. The first kappa shape index (κ1) is 11.9. The molecule has 1 aliphatic rings. The van der Waals surface area contributed by atoms with Gasteiger partial charge >= 0.3 is 0 Å². The highest BCUT2D eigenvalue weighted by atomic mass is 32.1. The van der Waals surface area contributed by atoms with Crippen molar-refractivity contribution in [3.8, 4) is 10.8 Å². The van der Waals surface area contributed by atoms with Gasteiger partial charge < -0.3 is 9.52 Å². The van der Waals surface area contributed by atoms with Crippen molar-refractivity contribution in [1.82, 2.24) is 9.88 Å². The highest BCUT2D eigenvalue weighted by Gasteiger charge is 2.18. The van der Waals surface area contributed by atoms with Crippen LogP contribution in [0, 0.1) is 0 Å². The Morgan fingerprint density at radius 1 is 1.56 bits per heavy atom. The summed E-state index contributed by atoms with van der Waals surface area (Å²) in [5.74, 6) is 0.824. The van der Waals surface area contributed by atoms with E-state index in [0.29, 0.717) is 0 Å². The molecule has 1 fully saturated rings. The quantitative estimate of drug-likeness (QED) is 0.924. The average molecular weight is 264 g/mol. The van der Waals surface area contributed by atoms with E-state index in [1.54, 1.807) is 17.6 Å². The molecule has 0 amide bonds. The van der Waals surface area contributed by atoms with Crippen LogP contribution in [0.3, 0.4) is 0 Å². The summed E-state index contributed by atoms with van der Waals surface area (Å²) in [4.78, 5) is 6.83. The number of β-amino-alcohol motifs (C(OH)–C–C–N with tert-alkyl or cyclic N) is 1. The molecule has 1 N–H and O–H groups in total. The Bertz CT molecular complexity index is 495. The number of hydrogen-bond donors (Lipinski definition) is 1. The molecule has 2 aromatic rings. The van der Waals surface area contributed by atoms with Crippen LogP contribution in [0.25, 0.3) is 10.8 Å². The van der Waals surface area contributed by atoms with Crippen molar-refractivity contribution in [2.75, 3.05) is 13.1 Å². The fraction of sp³-hybridized carbons (Fsp3) is 0.462. The van der Waals surface area contributed by atoms with Crippen molar-refractivity contribution in [3.63, 3.8) is 0 Å². The number of likely N-dealkylation sites (tertiary alicyclic amines) is 1. The van der Waals surface area contributed by atoms with Crippen molar-refractivity contribution in [2.45, 2.75) is 25.5 Å². The lowest BCUT2D eigenvalue weighted by molar-refractivity contribution is 0.0663. The van der Waals surface area contributed by atoms with E-state index in [2.05, 4.69) is 15.3 Å². The molecule has 5 heteroatoms. The molecule has 96 valence electrons. The molecule has 1 aliphatic heterocycles. The van der Waals surface area contributed by atoms with Crippen LogP contribution < -0.4 is 0 Å². The van der Waals surface area contributed by atoms with E-state index >= 15 is 0 Å². The number of rotatable bonds is 3. The van der Waals surface area contributed by atoms with Gasteiger partial charge in [0.25, 0.3) is 0 Å². The zero-order valence-electron chi connectivity index (χ0n) is 10.1. The first-order valence-electron chi connectivity index (χ1n) is 6.20. The molecular formula is C13H16N2O2S. The smallest absolute Gasteiger partial charge is 0.162 e. The number of aromatic nitrogens is 1. The monoisotopic (exact) mass is 264 g/mol. The SMILES string of the molecule is O[C@@H]1CCCN(Cc2csc(-c3ccco3)n2)C1. The van der Waals surface area contributed by atoms with E-state index in [0.717, 1.165) is 48.9 Å². The Morgan fingerprint density at radius 2 is 2.50 bits per heavy atom. The van der Waals surface area contributed by atoms with Gasteiger partial charge in [-0.15, -0.1) is 11.3 Å². The second-order valence-electron chi connectivity index (χ2n) is 4.65. The third-order valence-electron chi connectivity index (χ3n) is 3.15. The zero-order chi connectivity index (χ0) is 12.4. The lowest BCUT2D eigenvalue weighted by Gasteiger charge is -2.29. The Balaban J connectivity index is 1.66. The number of aliphatic hydroxyl groups is 1. The van der Waals surface area contributed by atoms with Crippen LogP contribution in [0.15, 0.2) is 28.2 Å². The van der Waals surface area contributed by atoms with E-state index in [4.69, 9.17) is 4.42 Å². The topological polar surface area (TPSA) is 49.5 Å². The maximum Gasteiger partial charge on any atom is 0.162 e. The summed E-state index contributed by atoms with van der Waals surface area (Å²) in [5, 5.41) is 12.6. The molecule has 3 heterocycles. The van der Waals surface area contributed by atoms with Crippen molar-refractivity contribution in [3.05, 3.63) is 29.5 Å². The molecule has 0 radical (unpaired) electrons. The normalized spacial score (nSPS) is 21.3. The third kappa shape index (κ3) is 2.63.